The Morgan fingerprint density at radius 1 is 1.23 bits per heavy atom. The number of carbonyl (C=O) groups excluding carboxylic acids is 1. The van der Waals surface area contributed by atoms with Crippen LogP contribution in [-0.4, -0.2) is 87.3 Å². The van der Waals surface area contributed by atoms with Gasteiger partial charge in [-0.25, -0.2) is 4.79 Å². The Kier molecular flexibility index (Phi) is 4.63. The first-order chi connectivity index (χ1) is 12.4. The fraction of sp³-hybridized carbons (Fsp3) is 0.895. The van der Waals surface area contributed by atoms with Crippen molar-refractivity contribution < 1.29 is 19.8 Å². The van der Waals surface area contributed by atoms with Crippen LogP contribution in [0.5, 0.6) is 0 Å². The molecule has 7 nitrogen and oxygen atoms in total. The zero-order valence-corrected chi connectivity index (χ0v) is 15.6. The molecule has 7 heteroatoms. The highest BCUT2D eigenvalue weighted by Crippen LogP contribution is 2.53. The number of hydrogen-bond donors (Lipinski definition) is 2. The number of piperidine rings is 1. The van der Waals surface area contributed by atoms with Crippen LogP contribution < -0.4 is 0 Å². The van der Waals surface area contributed by atoms with E-state index >= 15 is 0 Å². The lowest BCUT2D eigenvalue weighted by atomic mass is 9.90. The molecule has 0 aromatic carbocycles. The van der Waals surface area contributed by atoms with Gasteiger partial charge in [-0.05, 0) is 70.4 Å². The number of aliphatic hydroxyl groups is 1. The van der Waals surface area contributed by atoms with E-state index in [-0.39, 0.29) is 29.5 Å². The first-order valence-corrected chi connectivity index (χ1v) is 10.1. The van der Waals surface area contributed by atoms with Crippen molar-refractivity contribution in [2.45, 2.75) is 76.1 Å². The Morgan fingerprint density at radius 3 is 2.65 bits per heavy atom. The van der Waals surface area contributed by atoms with Gasteiger partial charge in [-0.2, -0.15) is 0 Å². The van der Waals surface area contributed by atoms with Crippen molar-refractivity contribution in [3.8, 4) is 0 Å². The van der Waals surface area contributed by atoms with E-state index in [2.05, 4.69) is 4.90 Å². The van der Waals surface area contributed by atoms with Crippen LogP contribution in [-0.2, 0) is 4.79 Å². The number of β-amino-alcohol motifs (C(OH)–C–C–N with tert-alkyl or cyclic N) is 1. The number of amides is 2. The van der Waals surface area contributed by atoms with E-state index in [1.165, 1.54) is 17.7 Å². The van der Waals surface area contributed by atoms with Crippen LogP contribution >= 0.6 is 0 Å². The van der Waals surface area contributed by atoms with Crippen LogP contribution in [0.1, 0.15) is 51.9 Å². The SMILES string of the molecule is C[C@H]1C(=O)N2[C@@H](CCCN3CCC4(CC4)[C@H](O)C3)CC[C@H]2CN1C(=O)O. The average molecular weight is 365 g/mol. The van der Waals surface area contributed by atoms with Crippen LogP contribution in [0.4, 0.5) is 4.79 Å². The second-order valence-corrected chi connectivity index (χ2v) is 8.81. The molecule has 4 rings (SSSR count). The van der Waals surface area contributed by atoms with Gasteiger partial charge < -0.3 is 20.0 Å². The fourth-order valence-corrected chi connectivity index (χ4v) is 5.34. The molecule has 4 aliphatic rings. The van der Waals surface area contributed by atoms with Crippen LogP contribution in [0.3, 0.4) is 0 Å². The Hall–Kier alpha value is -1.34. The molecule has 4 atom stereocenters. The number of carboxylic acid groups (broad SMARTS) is 1. The maximum Gasteiger partial charge on any atom is 0.408 e. The summed E-state index contributed by atoms with van der Waals surface area (Å²) in [4.78, 5) is 29.7. The highest BCUT2D eigenvalue weighted by molar-refractivity contribution is 5.87. The third kappa shape index (κ3) is 3.09. The molecule has 2 N–H and O–H groups in total. The summed E-state index contributed by atoms with van der Waals surface area (Å²) in [6.07, 6.45) is 6.21. The quantitative estimate of drug-likeness (QED) is 0.786. The second kappa shape index (κ2) is 6.68. The normalized spacial score (nSPS) is 36.5. The average Bonchev–Trinajstić information content (AvgIpc) is 3.27. The standard InChI is InChI=1S/C19H31N3O4/c1-13-17(24)22-14(4-5-15(22)11-21(13)18(25)26)3-2-9-20-10-8-19(6-7-19)16(23)12-20/h13-16,23H,2-12H2,1H3,(H,25,26)/t13-,14-,15-,16+/m0/s1. The van der Waals surface area contributed by atoms with Gasteiger partial charge in [0.05, 0.1) is 6.10 Å². The summed E-state index contributed by atoms with van der Waals surface area (Å²) in [5.74, 6) is -0.0322. The van der Waals surface area contributed by atoms with Gasteiger partial charge in [0.15, 0.2) is 0 Å². The van der Waals surface area contributed by atoms with Gasteiger partial charge >= 0.3 is 6.09 Å². The van der Waals surface area contributed by atoms with Gasteiger partial charge in [0.1, 0.15) is 6.04 Å². The minimum atomic E-state index is -0.994. The zero-order valence-electron chi connectivity index (χ0n) is 15.6. The number of hydrogen-bond acceptors (Lipinski definition) is 4. The molecule has 0 unspecified atom stereocenters. The number of aliphatic hydroxyl groups excluding tert-OH is 1. The fourth-order valence-electron chi connectivity index (χ4n) is 5.34. The van der Waals surface area contributed by atoms with Gasteiger partial charge in [-0.3, -0.25) is 9.69 Å². The summed E-state index contributed by atoms with van der Waals surface area (Å²) in [5.41, 5.74) is 0.252. The highest BCUT2D eigenvalue weighted by atomic mass is 16.4. The van der Waals surface area contributed by atoms with E-state index in [0.717, 1.165) is 51.7 Å². The van der Waals surface area contributed by atoms with Crippen molar-refractivity contribution in [1.29, 1.82) is 0 Å². The summed E-state index contributed by atoms with van der Waals surface area (Å²) in [6, 6.07) is -0.280. The lowest BCUT2D eigenvalue weighted by Crippen LogP contribution is -2.61. The van der Waals surface area contributed by atoms with Gasteiger partial charge in [0.2, 0.25) is 5.91 Å². The Morgan fingerprint density at radius 2 is 2.00 bits per heavy atom. The van der Waals surface area contributed by atoms with Crippen LogP contribution in [0.15, 0.2) is 0 Å². The molecule has 26 heavy (non-hydrogen) atoms. The minimum absolute atomic E-state index is 0.0322. The molecule has 1 aliphatic carbocycles. The summed E-state index contributed by atoms with van der Waals surface area (Å²) in [7, 11) is 0. The maximum absolute atomic E-state index is 12.7. The van der Waals surface area contributed by atoms with Crippen LogP contribution in [0, 0.1) is 5.41 Å². The van der Waals surface area contributed by atoms with Crippen LogP contribution in [0.2, 0.25) is 0 Å². The largest absolute Gasteiger partial charge is 0.465 e. The summed E-state index contributed by atoms with van der Waals surface area (Å²) in [5, 5.41) is 19.6. The van der Waals surface area contributed by atoms with E-state index in [9.17, 15) is 19.8 Å². The molecule has 3 aliphatic heterocycles. The third-order valence-corrected chi connectivity index (χ3v) is 7.32. The zero-order chi connectivity index (χ0) is 18.5. The highest BCUT2D eigenvalue weighted by Gasteiger charge is 2.51. The molecule has 0 bridgehead atoms. The molecule has 0 aromatic rings. The molecular formula is C19H31N3O4. The lowest BCUT2D eigenvalue weighted by molar-refractivity contribution is -0.144. The predicted molar refractivity (Wildman–Crippen MR) is 95.8 cm³/mol. The molecule has 0 aromatic heterocycles. The van der Waals surface area contributed by atoms with Crippen molar-refractivity contribution in [2.24, 2.45) is 5.41 Å². The Bertz CT molecular complexity index is 579. The molecule has 2 amide bonds. The number of likely N-dealkylation sites (tertiary alicyclic amines) is 1. The van der Waals surface area contributed by atoms with Crippen LogP contribution in [0.25, 0.3) is 0 Å². The Labute approximate surface area is 154 Å². The van der Waals surface area contributed by atoms with E-state index < -0.39 is 12.1 Å². The maximum atomic E-state index is 12.7. The monoisotopic (exact) mass is 365 g/mol. The van der Waals surface area contributed by atoms with Crippen molar-refractivity contribution in [2.75, 3.05) is 26.2 Å². The van der Waals surface area contributed by atoms with Gasteiger partial charge in [-0.1, -0.05) is 0 Å². The smallest absolute Gasteiger partial charge is 0.408 e. The van der Waals surface area contributed by atoms with Crippen molar-refractivity contribution in [1.82, 2.24) is 14.7 Å². The number of fused-ring (bicyclic) bond motifs is 1. The molecule has 4 fully saturated rings. The lowest BCUT2D eigenvalue weighted by Gasteiger charge is -2.42. The topological polar surface area (TPSA) is 84.3 Å². The predicted octanol–water partition coefficient (Wildman–Crippen LogP) is 1.36. The van der Waals surface area contributed by atoms with Crippen molar-refractivity contribution in [3.63, 3.8) is 0 Å². The molecule has 1 spiro atoms. The Balaban J connectivity index is 1.27. The van der Waals surface area contributed by atoms with Crippen molar-refractivity contribution >= 4 is 12.0 Å². The minimum Gasteiger partial charge on any atom is -0.465 e. The number of nitrogens with zero attached hydrogens (tertiary/aromatic N) is 3. The summed E-state index contributed by atoms with van der Waals surface area (Å²) < 4.78 is 0. The molecule has 1 saturated carbocycles. The first-order valence-electron chi connectivity index (χ1n) is 10.1. The molecular weight excluding hydrogens is 334 g/mol. The summed E-state index contributed by atoms with van der Waals surface area (Å²) in [6.45, 7) is 5.00. The number of carbonyl (C=O) groups is 2. The van der Waals surface area contributed by atoms with Gasteiger partial charge in [0.25, 0.3) is 0 Å². The molecule has 3 saturated heterocycles. The van der Waals surface area contributed by atoms with Gasteiger partial charge in [-0.15, -0.1) is 0 Å². The van der Waals surface area contributed by atoms with E-state index in [0.29, 0.717) is 6.54 Å². The summed E-state index contributed by atoms with van der Waals surface area (Å²) >= 11 is 0. The van der Waals surface area contributed by atoms with E-state index in [1.807, 2.05) is 4.90 Å². The second-order valence-electron chi connectivity index (χ2n) is 8.81. The third-order valence-electron chi connectivity index (χ3n) is 7.32. The van der Waals surface area contributed by atoms with Gasteiger partial charge in [0, 0.05) is 25.2 Å². The molecule has 3 heterocycles. The molecule has 0 radical (unpaired) electrons. The van der Waals surface area contributed by atoms with Crippen molar-refractivity contribution in [3.05, 3.63) is 0 Å². The van der Waals surface area contributed by atoms with E-state index in [4.69, 9.17) is 0 Å². The first kappa shape index (κ1) is 18.0. The number of rotatable bonds is 4. The molecule has 146 valence electrons. The number of piperazine rings is 1. The van der Waals surface area contributed by atoms with E-state index in [1.54, 1.807) is 6.92 Å².